The number of para-hydroxylation sites is 1. The van der Waals surface area contributed by atoms with Crippen molar-refractivity contribution in [1.29, 1.82) is 0 Å². The molecular formula is C19H25N5O3. The number of likely N-dealkylation sites (N-methyl/N-ethyl adjacent to an activating group) is 1. The first-order valence-electron chi connectivity index (χ1n) is 9.07. The molecule has 0 N–H and O–H groups in total. The second-order valence-electron chi connectivity index (χ2n) is 6.78. The lowest BCUT2D eigenvalue weighted by Crippen LogP contribution is -2.40. The number of fused-ring (bicyclic) bond motifs is 1. The summed E-state index contributed by atoms with van der Waals surface area (Å²) in [4.78, 5) is 38.3. The molecule has 2 aromatic rings. The van der Waals surface area contributed by atoms with E-state index >= 15 is 0 Å². The third-order valence-electron chi connectivity index (χ3n) is 4.64. The van der Waals surface area contributed by atoms with Gasteiger partial charge in [-0.05, 0) is 18.6 Å². The van der Waals surface area contributed by atoms with Crippen LogP contribution in [0.5, 0.6) is 5.88 Å². The molecular weight excluding hydrogens is 346 g/mol. The van der Waals surface area contributed by atoms with E-state index in [1.807, 2.05) is 24.3 Å². The molecule has 0 atom stereocenters. The van der Waals surface area contributed by atoms with Gasteiger partial charge in [0.1, 0.15) is 6.33 Å². The van der Waals surface area contributed by atoms with E-state index in [0.29, 0.717) is 32.1 Å². The zero-order valence-electron chi connectivity index (χ0n) is 15.8. The molecule has 1 aromatic carbocycles. The number of nitrogens with zero attached hydrogens (tertiary/aromatic N) is 5. The molecule has 8 nitrogen and oxygen atoms in total. The van der Waals surface area contributed by atoms with Crippen LogP contribution in [0.3, 0.4) is 0 Å². The van der Waals surface area contributed by atoms with E-state index in [2.05, 4.69) is 14.9 Å². The number of hydrogen-bond acceptors (Lipinski definition) is 6. The number of aromatic nitrogens is 2. The normalized spacial score (nSPS) is 15.4. The monoisotopic (exact) mass is 371 g/mol. The smallest absolute Gasteiger partial charge is 0.260 e. The minimum atomic E-state index is -0.0709. The third kappa shape index (κ3) is 4.91. The average Bonchev–Trinajstić information content (AvgIpc) is 2.91. The van der Waals surface area contributed by atoms with Crippen LogP contribution in [0.15, 0.2) is 30.6 Å². The fourth-order valence-corrected chi connectivity index (χ4v) is 3.03. The molecule has 0 radical (unpaired) electrons. The molecule has 1 aliphatic heterocycles. The van der Waals surface area contributed by atoms with Gasteiger partial charge in [-0.2, -0.15) is 0 Å². The Morgan fingerprint density at radius 2 is 1.93 bits per heavy atom. The van der Waals surface area contributed by atoms with Gasteiger partial charge in [-0.25, -0.2) is 9.97 Å². The maximum atomic E-state index is 12.6. The van der Waals surface area contributed by atoms with Crippen LogP contribution in [0.25, 0.3) is 10.9 Å². The number of hydrogen-bond donors (Lipinski definition) is 0. The Labute approximate surface area is 158 Å². The molecule has 27 heavy (non-hydrogen) atoms. The van der Waals surface area contributed by atoms with Crippen molar-refractivity contribution >= 4 is 22.7 Å². The zero-order chi connectivity index (χ0) is 19.2. The van der Waals surface area contributed by atoms with E-state index in [0.717, 1.165) is 23.9 Å². The van der Waals surface area contributed by atoms with Gasteiger partial charge in [0.15, 0.2) is 6.61 Å². The molecule has 144 valence electrons. The fourth-order valence-electron chi connectivity index (χ4n) is 3.03. The van der Waals surface area contributed by atoms with E-state index in [-0.39, 0.29) is 18.4 Å². The summed E-state index contributed by atoms with van der Waals surface area (Å²) >= 11 is 0. The molecule has 3 rings (SSSR count). The Morgan fingerprint density at radius 1 is 1.11 bits per heavy atom. The Balaban J connectivity index is 1.54. The summed E-state index contributed by atoms with van der Waals surface area (Å²) in [6, 6.07) is 7.54. The maximum Gasteiger partial charge on any atom is 0.260 e. The van der Waals surface area contributed by atoms with Crippen molar-refractivity contribution in [3.63, 3.8) is 0 Å². The maximum absolute atomic E-state index is 12.6. The Kier molecular flexibility index (Phi) is 6.18. The first-order chi connectivity index (χ1) is 13.0. The molecule has 0 saturated carbocycles. The van der Waals surface area contributed by atoms with Crippen LogP contribution in [0, 0.1) is 0 Å². The summed E-state index contributed by atoms with van der Waals surface area (Å²) in [5.74, 6) is 0.425. The van der Waals surface area contributed by atoms with E-state index in [9.17, 15) is 9.59 Å². The van der Waals surface area contributed by atoms with Gasteiger partial charge in [0, 0.05) is 40.3 Å². The van der Waals surface area contributed by atoms with Crippen LogP contribution >= 0.6 is 0 Å². The number of carbonyl (C=O) groups is 2. The molecule has 1 aromatic heterocycles. The van der Waals surface area contributed by atoms with Gasteiger partial charge in [0.2, 0.25) is 11.8 Å². The molecule has 1 saturated heterocycles. The van der Waals surface area contributed by atoms with Crippen molar-refractivity contribution < 1.29 is 14.3 Å². The summed E-state index contributed by atoms with van der Waals surface area (Å²) in [6.45, 7) is 3.07. The molecule has 0 unspecified atom stereocenters. The molecule has 8 heteroatoms. The molecule has 0 aliphatic carbocycles. The Morgan fingerprint density at radius 3 is 2.74 bits per heavy atom. The van der Waals surface area contributed by atoms with E-state index in [4.69, 9.17) is 4.74 Å². The first-order valence-corrected chi connectivity index (χ1v) is 9.07. The fraction of sp³-hybridized carbons (Fsp3) is 0.474. The molecule has 2 amide bonds. The predicted molar refractivity (Wildman–Crippen MR) is 101 cm³/mol. The highest BCUT2D eigenvalue weighted by molar-refractivity contribution is 5.84. The van der Waals surface area contributed by atoms with Gasteiger partial charge in [0.25, 0.3) is 5.91 Å². The SMILES string of the molecule is CN(C)C(=O)CN1CCCN(C(=O)COc2ncnc3ccccc23)CC1. The van der Waals surface area contributed by atoms with E-state index in [1.165, 1.54) is 6.33 Å². The standard InChI is InChI=1S/C19H25N5O3/c1-22(2)17(25)12-23-8-5-9-24(11-10-23)18(26)13-27-19-15-6-3-4-7-16(15)20-14-21-19/h3-4,6-7,14H,5,8-13H2,1-2H3. The number of carbonyl (C=O) groups excluding carboxylic acids is 2. The number of ether oxygens (including phenoxy) is 1. The lowest BCUT2D eigenvalue weighted by Gasteiger charge is -2.22. The first kappa shape index (κ1) is 19.0. The second kappa shape index (κ2) is 8.77. The largest absolute Gasteiger partial charge is 0.467 e. The van der Waals surface area contributed by atoms with Gasteiger partial charge in [-0.1, -0.05) is 12.1 Å². The van der Waals surface area contributed by atoms with Gasteiger partial charge in [-0.3, -0.25) is 14.5 Å². The van der Waals surface area contributed by atoms with Crippen LogP contribution in [-0.2, 0) is 9.59 Å². The van der Waals surface area contributed by atoms with Crippen LogP contribution < -0.4 is 4.74 Å². The van der Waals surface area contributed by atoms with Gasteiger partial charge in [-0.15, -0.1) is 0 Å². The summed E-state index contributed by atoms with van der Waals surface area (Å²) in [5, 5.41) is 0.789. The van der Waals surface area contributed by atoms with Gasteiger partial charge < -0.3 is 14.5 Å². The zero-order valence-corrected chi connectivity index (χ0v) is 15.8. The molecule has 1 aliphatic rings. The van der Waals surface area contributed by atoms with Crippen molar-refractivity contribution in [3.8, 4) is 5.88 Å². The minimum absolute atomic E-state index is 0.0579. The van der Waals surface area contributed by atoms with Crippen LogP contribution in [0.2, 0.25) is 0 Å². The molecule has 0 spiro atoms. The lowest BCUT2D eigenvalue weighted by molar-refractivity contribution is -0.133. The van der Waals surface area contributed by atoms with Crippen molar-refractivity contribution in [2.75, 3.05) is 53.4 Å². The summed E-state index contributed by atoms with van der Waals surface area (Å²) in [6.07, 6.45) is 2.27. The average molecular weight is 371 g/mol. The molecule has 0 bridgehead atoms. The van der Waals surface area contributed by atoms with E-state index in [1.54, 1.807) is 23.9 Å². The van der Waals surface area contributed by atoms with Crippen LogP contribution in [0.1, 0.15) is 6.42 Å². The predicted octanol–water partition coefficient (Wildman–Crippen LogP) is 0.631. The number of benzene rings is 1. The summed E-state index contributed by atoms with van der Waals surface area (Å²) < 4.78 is 5.68. The Hall–Kier alpha value is -2.74. The number of amides is 2. The Bertz CT molecular complexity index is 806. The highest BCUT2D eigenvalue weighted by Crippen LogP contribution is 2.20. The second-order valence-corrected chi connectivity index (χ2v) is 6.78. The van der Waals surface area contributed by atoms with Crippen molar-refractivity contribution in [3.05, 3.63) is 30.6 Å². The van der Waals surface area contributed by atoms with Gasteiger partial charge >= 0.3 is 0 Å². The lowest BCUT2D eigenvalue weighted by atomic mass is 10.2. The van der Waals surface area contributed by atoms with Crippen molar-refractivity contribution in [1.82, 2.24) is 24.7 Å². The third-order valence-corrected chi connectivity index (χ3v) is 4.64. The summed E-state index contributed by atoms with van der Waals surface area (Å²) in [5.41, 5.74) is 0.783. The summed E-state index contributed by atoms with van der Waals surface area (Å²) in [7, 11) is 3.51. The topological polar surface area (TPSA) is 78.9 Å². The number of rotatable bonds is 5. The molecule has 2 heterocycles. The highest BCUT2D eigenvalue weighted by Gasteiger charge is 2.21. The van der Waals surface area contributed by atoms with Crippen molar-refractivity contribution in [2.45, 2.75) is 6.42 Å². The van der Waals surface area contributed by atoms with Crippen LogP contribution in [0.4, 0.5) is 0 Å². The van der Waals surface area contributed by atoms with E-state index < -0.39 is 0 Å². The van der Waals surface area contributed by atoms with Crippen molar-refractivity contribution in [2.24, 2.45) is 0 Å². The van der Waals surface area contributed by atoms with Gasteiger partial charge in [0.05, 0.1) is 17.4 Å². The molecule has 1 fully saturated rings. The van der Waals surface area contributed by atoms with Crippen LogP contribution in [-0.4, -0.2) is 89.9 Å². The highest BCUT2D eigenvalue weighted by atomic mass is 16.5. The quantitative estimate of drug-likeness (QED) is 0.767. The minimum Gasteiger partial charge on any atom is -0.467 e.